The number of phenols is 1. The fourth-order valence-corrected chi connectivity index (χ4v) is 0.930. The van der Waals surface area contributed by atoms with Gasteiger partial charge in [0.05, 0.1) is 11.7 Å². The van der Waals surface area contributed by atoms with E-state index in [4.69, 9.17) is 5.11 Å². The summed E-state index contributed by atoms with van der Waals surface area (Å²) in [6, 6.07) is 5.08. The number of benzene rings is 1. The molecule has 2 N–H and O–H groups in total. The van der Waals surface area contributed by atoms with E-state index in [9.17, 15) is 0 Å². The van der Waals surface area contributed by atoms with Crippen molar-refractivity contribution in [2.75, 3.05) is 0 Å². The van der Waals surface area contributed by atoms with Crippen LogP contribution in [0, 0.1) is 0 Å². The quantitative estimate of drug-likeness (QED) is 0.632. The molecule has 1 heterocycles. The lowest BCUT2D eigenvalue weighted by Gasteiger charge is -1.88. The Morgan fingerprint density at radius 3 is 3.00 bits per heavy atom. The molecule has 0 saturated carbocycles. The number of halogens is 1. The van der Waals surface area contributed by atoms with Crippen LogP contribution in [0.1, 0.15) is 0 Å². The normalized spacial score (nSPS) is 9.45. The number of hydrogen-bond acceptors (Lipinski definition) is 2. The van der Waals surface area contributed by atoms with Gasteiger partial charge in [0.1, 0.15) is 5.75 Å². The minimum Gasteiger partial charge on any atom is -0.508 e. The van der Waals surface area contributed by atoms with E-state index in [1.54, 1.807) is 24.4 Å². The van der Waals surface area contributed by atoms with Gasteiger partial charge in [0.25, 0.3) is 0 Å². The standard InChI is InChI=1S/C7H6N2O.ClH/c10-6-1-2-7-5(3-6)4-8-9-7;/h1-4,10H,(H,8,9);1H. The lowest BCUT2D eigenvalue weighted by molar-refractivity contribution is 0.476. The molecule has 2 aromatic rings. The number of nitrogens with one attached hydrogen (secondary N) is 1. The second-order valence-electron chi connectivity index (χ2n) is 2.14. The molecule has 1 aromatic carbocycles. The minimum absolute atomic E-state index is 0. The van der Waals surface area contributed by atoms with Gasteiger partial charge in [-0.3, -0.25) is 5.10 Å². The predicted octanol–water partition coefficient (Wildman–Crippen LogP) is 1.69. The highest BCUT2D eigenvalue weighted by molar-refractivity contribution is 5.85. The molecule has 0 aliphatic heterocycles. The number of aromatic nitrogens is 2. The number of rotatable bonds is 0. The highest BCUT2D eigenvalue weighted by atomic mass is 35.5. The van der Waals surface area contributed by atoms with E-state index in [2.05, 4.69) is 10.2 Å². The van der Waals surface area contributed by atoms with Crippen LogP contribution in [0.25, 0.3) is 10.9 Å². The Morgan fingerprint density at radius 1 is 1.36 bits per heavy atom. The molecule has 0 spiro atoms. The molecular weight excluding hydrogens is 164 g/mol. The summed E-state index contributed by atoms with van der Waals surface area (Å²) >= 11 is 0. The summed E-state index contributed by atoms with van der Waals surface area (Å²) in [6.07, 6.45) is 1.68. The molecule has 0 bridgehead atoms. The molecule has 0 unspecified atom stereocenters. The van der Waals surface area contributed by atoms with E-state index in [0.717, 1.165) is 10.9 Å². The largest absolute Gasteiger partial charge is 0.508 e. The molecule has 1 aromatic heterocycles. The van der Waals surface area contributed by atoms with Crippen molar-refractivity contribution in [3.05, 3.63) is 24.4 Å². The summed E-state index contributed by atoms with van der Waals surface area (Å²) in [5.41, 5.74) is 0.942. The van der Waals surface area contributed by atoms with Crippen molar-refractivity contribution in [2.45, 2.75) is 0 Å². The second-order valence-corrected chi connectivity index (χ2v) is 2.14. The van der Waals surface area contributed by atoms with Crippen LogP contribution in [0.5, 0.6) is 5.75 Å². The number of fused-ring (bicyclic) bond motifs is 1. The molecule has 58 valence electrons. The molecule has 3 nitrogen and oxygen atoms in total. The van der Waals surface area contributed by atoms with Gasteiger partial charge in [-0.2, -0.15) is 5.10 Å². The SMILES string of the molecule is Cl.Oc1ccc2[nH]ncc2c1. The zero-order valence-electron chi connectivity index (χ0n) is 5.61. The third-order valence-electron chi connectivity index (χ3n) is 1.42. The summed E-state index contributed by atoms with van der Waals surface area (Å²) in [5.74, 6) is 0.272. The molecule has 4 heteroatoms. The van der Waals surface area contributed by atoms with Gasteiger partial charge in [-0.05, 0) is 18.2 Å². The van der Waals surface area contributed by atoms with Gasteiger partial charge < -0.3 is 5.11 Å². The lowest BCUT2D eigenvalue weighted by atomic mass is 10.2. The zero-order chi connectivity index (χ0) is 6.97. The van der Waals surface area contributed by atoms with Gasteiger partial charge in [0, 0.05) is 5.39 Å². The van der Waals surface area contributed by atoms with Crippen LogP contribution in [-0.2, 0) is 0 Å². The average Bonchev–Trinajstić information content (AvgIpc) is 2.33. The van der Waals surface area contributed by atoms with E-state index in [-0.39, 0.29) is 18.2 Å². The Kier molecular flexibility index (Phi) is 2.01. The maximum atomic E-state index is 9.01. The topological polar surface area (TPSA) is 48.9 Å². The van der Waals surface area contributed by atoms with Gasteiger partial charge in [-0.15, -0.1) is 12.4 Å². The molecule has 0 saturated heterocycles. The number of hydrogen-bond donors (Lipinski definition) is 2. The first-order chi connectivity index (χ1) is 4.86. The van der Waals surface area contributed by atoms with Crippen LogP contribution in [0.3, 0.4) is 0 Å². The molecule has 0 atom stereocenters. The number of aromatic hydroxyl groups is 1. The summed E-state index contributed by atoms with van der Waals surface area (Å²) in [5, 5.41) is 16.5. The molecule has 0 aliphatic rings. The molecule has 11 heavy (non-hydrogen) atoms. The van der Waals surface area contributed by atoms with Crippen LogP contribution in [0.15, 0.2) is 24.4 Å². The van der Waals surface area contributed by atoms with E-state index < -0.39 is 0 Å². The molecule has 0 amide bonds. The number of aromatic amines is 1. The monoisotopic (exact) mass is 170 g/mol. The fraction of sp³-hybridized carbons (Fsp3) is 0. The van der Waals surface area contributed by atoms with E-state index in [0.29, 0.717) is 0 Å². The fourth-order valence-electron chi connectivity index (χ4n) is 0.930. The van der Waals surface area contributed by atoms with Crippen LogP contribution in [0.4, 0.5) is 0 Å². The smallest absolute Gasteiger partial charge is 0.116 e. The average molecular weight is 171 g/mol. The molecule has 2 rings (SSSR count). The van der Waals surface area contributed by atoms with Crippen molar-refractivity contribution in [3.63, 3.8) is 0 Å². The molecule has 0 aliphatic carbocycles. The molecule has 0 fully saturated rings. The Hall–Kier alpha value is -1.22. The van der Waals surface area contributed by atoms with Crippen LogP contribution in [-0.4, -0.2) is 15.3 Å². The van der Waals surface area contributed by atoms with Crippen molar-refractivity contribution < 1.29 is 5.11 Å². The summed E-state index contributed by atoms with van der Waals surface area (Å²) in [6.45, 7) is 0. The second kappa shape index (κ2) is 2.80. The van der Waals surface area contributed by atoms with Crippen molar-refractivity contribution in [1.82, 2.24) is 10.2 Å². The van der Waals surface area contributed by atoms with Crippen molar-refractivity contribution >= 4 is 23.3 Å². The first-order valence-electron chi connectivity index (χ1n) is 2.98. The number of nitrogens with zero attached hydrogens (tertiary/aromatic N) is 1. The summed E-state index contributed by atoms with van der Waals surface area (Å²) in [4.78, 5) is 0. The zero-order valence-corrected chi connectivity index (χ0v) is 6.43. The van der Waals surface area contributed by atoms with Crippen LogP contribution < -0.4 is 0 Å². The Balaban J connectivity index is 0.000000605. The van der Waals surface area contributed by atoms with E-state index in [1.807, 2.05) is 0 Å². The van der Waals surface area contributed by atoms with Gasteiger partial charge in [0.2, 0.25) is 0 Å². The lowest BCUT2D eigenvalue weighted by Crippen LogP contribution is -1.66. The minimum atomic E-state index is 0. The maximum absolute atomic E-state index is 9.01. The van der Waals surface area contributed by atoms with Crippen molar-refractivity contribution in [3.8, 4) is 5.75 Å². The van der Waals surface area contributed by atoms with Crippen LogP contribution in [0.2, 0.25) is 0 Å². The number of phenolic OH excluding ortho intramolecular Hbond substituents is 1. The predicted molar refractivity (Wildman–Crippen MR) is 45.0 cm³/mol. The summed E-state index contributed by atoms with van der Waals surface area (Å²) < 4.78 is 0. The van der Waals surface area contributed by atoms with Crippen LogP contribution >= 0.6 is 12.4 Å². The first kappa shape index (κ1) is 7.88. The number of H-pyrrole nitrogens is 1. The van der Waals surface area contributed by atoms with Gasteiger partial charge in [0.15, 0.2) is 0 Å². The Labute approximate surface area is 69.5 Å². The van der Waals surface area contributed by atoms with Gasteiger partial charge in [-0.25, -0.2) is 0 Å². The molecule has 0 radical (unpaired) electrons. The highest BCUT2D eigenvalue weighted by Crippen LogP contribution is 2.16. The maximum Gasteiger partial charge on any atom is 0.116 e. The van der Waals surface area contributed by atoms with E-state index in [1.165, 1.54) is 0 Å². The third-order valence-corrected chi connectivity index (χ3v) is 1.42. The van der Waals surface area contributed by atoms with Gasteiger partial charge in [-0.1, -0.05) is 0 Å². The van der Waals surface area contributed by atoms with Crippen molar-refractivity contribution in [2.24, 2.45) is 0 Å². The van der Waals surface area contributed by atoms with Gasteiger partial charge >= 0.3 is 0 Å². The Bertz CT molecular complexity index is 358. The summed E-state index contributed by atoms with van der Waals surface area (Å²) in [7, 11) is 0. The van der Waals surface area contributed by atoms with Crippen molar-refractivity contribution in [1.29, 1.82) is 0 Å². The van der Waals surface area contributed by atoms with E-state index >= 15 is 0 Å². The highest BCUT2D eigenvalue weighted by Gasteiger charge is 1.93. The molecular formula is C7H7ClN2O. The Morgan fingerprint density at radius 2 is 2.18 bits per heavy atom. The third kappa shape index (κ3) is 1.28. The first-order valence-corrected chi connectivity index (χ1v) is 2.98.